The Bertz CT molecular complexity index is 257. The van der Waals surface area contributed by atoms with Crippen LogP contribution in [0, 0.1) is 5.92 Å². The molecule has 2 atom stereocenters. The van der Waals surface area contributed by atoms with Crippen LogP contribution in [0.15, 0.2) is 0 Å². The van der Waals surface area contributed by atoms with Gasteiger partial charge in [-0.25, -0.2) is 0 Å². The van der Waals surface area contributed by atoms with Crippen LogP contribution in [0.1, 0.15) is 44.9 Å². The molecule has 0 amide bonds. The first-order chi connectivity index (χ1) is 8.83. The Hall–Kier alpha value is -0.120. The van der Waals surface area contributed by atoms with E-state index >= 15 is 0 Å². The van der Waals surface area contributed by atoms with Crippen molar-refractivity contribution in [1.82, 2.24) is 9.80 Å². The minimum atomic E-state index is -0.0415. The molecule has 18 heavy (non-hydrogen) atoms. The van der Waals surface area contributed by atoms with Gasteiger partial charge in [0.25, 0.3) is 0 Å². The highest BCUT2D eigenvalue weighted by molar-refractivity contribution is 4.88. The van der Waals surface area contributed by atoms with E-state index in [1.165, 1.54) is 71.2 Å². The molecule has 0 radical (unpaired) electrons. The molecule has 0 aromatic carbocycles. The van der Waals surface area contributed by atoms with Crippen molar-refractivity contribution in [3.8, 4) is 0 Å². The molecular weight excluding hydrogens is 224 g/mol. The lowest BCUT2D eigenvalue weighted by molar-refractivity contribution is 0.0439. The van der Waals surface area contributed by atoms with E-state index in [0.29, 0.717) is 6.04 Å². The largest absolute Gasteiger partial charge is 0.391 e. The summed E-state index contributed by atoms with van der Waals surface area (Å²) in [4.78, 5) is 5.23. The molecule has 3 rings (SSSR count). The van der Waals surface area contributed by atoms with Crippen LogP contribution in [-0.2, 0) is 0 Å². The van der Waals surface area contributed by atoms with Crippen molar-refractivity contribution in [2.45, 2.75) is 57.1 Å². The Morgan fingerprint density at radius 2 is 1.56 bits per heavy atom. The highest BCUT2D eigenvalue weighted by Crippen LogP contribution is 2.28. The van der Waals surface area contributed by atoms with Crippen molar-refractivity contribution < 1.29 is 5.11 Å². The molecule has 3 aliphatic rings. The Balaban J connectivity index is 1.43. The molecule has 2 heterocycles. The van der Waals surface area contributed by atoms with Crippen molar-refractivity contribution in [2.24, 2.45) is 5.92 Å². The van der Waals surface area contributed by atoms with Crippen molar-refractivity contribution in [3.05, 3.63) is 0 Å². The number of hydrogen-bond acceptors (Lipinski definition) is 3. The van der Waals surface area contributed by atoms with Gasteiger partial charge in [-0.15, -0.1) is 0 Å². The van der Waals surface area contributed by atoms with Crippen LogP contribution in [0.25, 0.3) is 0 Å². The summed E-state index contributed by atoms with van der Waals surface area (Å²) in [7, 11) is 0. The van der Waals surface area contributed by atoms with Gasteiger partial charge in [0.1, 0.15) is 0 Å². The zero-order valence-electron chi connectivity index (χ0n) is 11.6. The Kier molecular flexibility index (Phi) is 4.22. The van der Waals surface area contributed by atoms with Gasteiger partial charge in [-0.1, -0.05) is 0 Å². The van der Waals surface area contributed by atoms with Gasteiger partial charge >= 0.3 is 0 Å². The number of likely N-dealkylation sites (tertiary alicyclic amines) is 2. The molecule has 1 aliphatic carbocycles. The number of aliphatic hydroxyl groups excluding tert-OH is 1. The van der Waals surface area contributed by atoms with Crippen LogP contribution in [-0.4, -0.2) is 59.8 Å². The molecule has 1 saturated carbocycles. The Morgan fingerprint density at radius 1 is 0.833 bits per heavy atom. The fourth-order valence-electron chi connectivity index (χ4n) is 4.14. The number of hydrogen-bond donors (Lipinski definition) is 1. The van der Waals surface area contributed by atoms with Crippen LogP contribution in [0.3, 0.4) is 0 Å². The molecule has 2 saturated heterocycles. The van der Waals surface area contributed by atoms with E-state index in [0.717, 1.165) is 12.3 Å². The van der Waals surface area contributed by atoms with Crippen LogP contribution in [0.5, 0.6) is 0 Å². The van der Waals surface area contributed by atoms with E-state index in [2.05, 4.69) is 9.80 Å². The third-order valence-corrected chi connectivity index (χ3v) is 5.28. The third-order valence-electron chi connectivity index (χ3n) is 5.28. The van der Waals surface area contributed by atoms with Crippen LogP contribution >= 0.6 is 0 Å². The maximum absolute atomic E-state index is 9.99. The second-order valence-corrected chi connectivity index (χ2v) is 6.55. The molecule has 0 unspecified atom stereocenters. The minimum Gasteiger partial charge on any atom is -0.391 e. The number of aliphatic hydroxyl groups is 1. The highest BCUT2D eigenvalue weighted by Gasteiger charge is 2.33. The molecule has 3 heteroatoms. The molecule has 3 nitrogen and oxygen atoms in total. The first-order valence-corrected chi connectivity index (χ1v) is 7.97. The van der Waals surface area contributed by atoms with Crippen molar-refractivity contribution in [3.63, 3.8) is 0 Å². The van der Waals surface area contributed by atoms with Gasteiger partial charge in [0.15, 0.2) is 0 Å². The van der Waals surface area contributed by atoms with Crippen LogP contribution in [0.2, 0.25) is 0 Å². The number of nitrogens with zero attached hydrogens (tertiary/aromatic N) is 2. The summed E-state index contributed by atoms with van der Waals surface area (Å²) in [5.74, 6) is 0.915. The molecular formula is C15H28N2O. The Labute approximate surface area is 111 Å². The molecule has 0 bridgehead atoms. The van der Waals surface area contributed by atoms with E-state index in [1.54, 1.807) is 0 Å². The fraction of sp³-hybridized carbons (Fsp3) is 1.00. The smallest absolute Gasteiger partial charge is 0.0695 e. The fourth-order valence-corrected chi connectivity index (χ4v) is 4.14. The first kappa shape index (κ1) is 12.9. The van der Waals surface area contributed by atoms with E-state index in [-0.39, 0.29) is 6.10 Å². The summed E-state index contributed by atoms with van der Waals surface area (Å²) in [5, 5.41) is 9.99. The second-order valence-electron chi connectivity index (χ2n) is 6.55. The zero-order chi connectivity index (χ0) is 12.4. The summed E-state index contributed by atoms with van der Waals surface area (Å²) >= 11 is 0. The van der Waals surface area contributed by atoms with Gasteiger partial charge in [-0.3, -0.25) is 4.90 Å². The maximum atomic E-state index is 9.99. The van der Waals surface area contributed by atoms with E-state index < -0.39 is 0 Å². The molecule has 1 N–H and O–H groups in total. The SMILES string of the molecule is O[C@H]1CCC[C@@H]1N1CCC(CN2CCCC2)CC1. The average Bonchev–Trinajstić information content (AvgIpc) is 3.02. The lowest BCUT2D eigenvalue weighted by Gasteiger charge is -2.38. The summed E-state index contributed by atoms with van der Waals surface area (Å²) in [5.41, 5.74) is 0. The lowest BCUT2D eigenvalue weighted by atomic mass is 9.94. The first-order valence-electron chi connectivity index (χ1n) is 7.97. The molecule has 2 aliphatic heterocycles. The topological polar surface area (TPSA) is 26.7 Å². The molecule has 0 aromatic rings. The van der Waals surface area contributed by atoms with Gasteiger partial charge in [0.2, 0.25) is 0 Å². The third kappa shape index (κ3) is 2.89. The van der Waals surface area contributed by atoms with Gasteiger partial charge in [-0.05, 0) is 77.0 Å². The second kappa shape index (κ2) is 5.89. The standard InChI is InChI=1S/C15H28N2O/c18-15-5-3-4-14(15)17-10-6-13(7-11-17)12-16-8-1-2-9-16/h13-15,18H,1-12H2/t14-,15-/m0/s1. The summed E-state index contributed by atoms with van der Waals surface area (Å²) in [6.07, 6.45) is 8.94. The zero-order valence-corrected chi connectivity index (χ0v) is 11.6. The van der Waals surface area contributed by atoms with E-state index in [4.69, 9.17) is 0 Å². The molecule has 3 fully saturated rings. The highest BCUT2D eigenvalue weighted by atomic mass is 16.3. The molecule has 104 valence electrons. The van der Waals surface area contributed by atoms with E-state index in [9.17, 15) is 5.11 Å². The predicted molar refractivity (Wildman–Crippen MR) is 73.6 cm³/mol. The average molecular weight is 252 g/mol. The van der Waals surface area contributed by atoms with Gasteiger partial charge in [-0.2, -0.15) is 0 Å². The quantitative estimate of drug-likeness (QED) is 0.828. The number of rotatable bonds is 3. The van der Waals surface area contributed by atoms with Crippen molar-refractivity contribution in [2.75, 3.05) is 32.7 Å². The van der Waals surface area contributed by atoms with Gasteiger partial charge in [0, 0.05) is 12.6 Å². The summed E-state index contributed by atoms with van der Waals surface area (Å²) in [6, 6.07) is 0.484. The van der Waals surface area contributed by atoms with Gasteiger partial charge in [0.05, 0.1) is 6.10 Å². The van der Waals surface area contributed by atoms with Gasteiger partial charge < -0.3 is 10.0 Å². The number of piperidine rings is 1. The van der Waals surface area contributed by atoms with Crippen molar-refractivity contribution in [1.29, 1.82) is 0 Å². The molecule has 0 aromatic heterocycles. The monoisotopic (exact) mass is 252 g/mol. The predicted octanol–water partition coefficient (Wildman–Crippen LogP) is 1.71. The normalized spacial score (nSPS) is 36.5. The Morgan fingerprint density at radius 3 is 2.17 bits per heavy atom. The summed E-state index contributed by atoms with van der Waals surface area (Å²) in [6.45, 7) is 6.45. The van der Waals surface area contributed by atoms with E-state index in [1.807, 2.05) is 0 Å². The molecule has 0 spiro atoms. The van der Waals surface area contributed by atoms with Crippen LogP contribution < -0.4 is 0 Å². The minimum absolute atomic E-state index is 0.0415. The maximum Gasteiger partial charge on any atom is 0.0695 e. The van der Waals surface area contributed by atoms with Crippen LogP contribution in [0.4, 0.5) is 0 Å². The van der Waals surface area contributed by atoms with Crippen molar-refractivity contribution >= 4 is 0 Å². The summed E-state index contributed by atoms with van der Waals surface area (Å²) < 4.78 is 0. The lowest BCUT2D eigenvalue weighted by Crippen LogP contribution is -2.46.